The van der Waals surface area contributed by atoms with Crippen molar-refractivity contribution in [2.75, 3.05) is 26.2 Å². The molecule has 0 radical (unpaired) electrons. The van der Waals surface area contributed by atoms with E-state index >= 15 is 0 Å². The van der Waals surface area contributed by atoms with Gasteiger partial charge in [0.1, 0.15) is 5.82 Å². The van der Waals surface area contributed by atoms with E-state index in [2.05, 4.69) is 17.1 Å². The second-order valence-electron chi connectivity index (χ2n) is 5.59. The molecule has 23 heavy (non-hydrogen) atoms. The van der Waals surface area contributed by atoms with E-state index in [1.165, 1.54) is 0 Å². The van der Waals surface area contributed by atoms with Crippen molar-refractivity contribution in [1.82, 2.24) is 10.2 Å². The number of piperazine rings is 1. The third-order valence-corrected chi connectivity index (χ3v) is 4.05. The van der Waals surface area contributed by atoms with Crippen LogP contribution < -0.4 is 5.32 Å². The van der Waals surface area contributed by atoms with E-state index in [1.807, 2.05) is 0 Å². The van der Waals surface area contributed by atoms with Gasteiger partial charge in [0.15, 0.2) is 11.6 Å². The Hall–Kier alpha value is -0.490. The summed E-state index contributed by atoms with van der Waals surface area (Å²) in [5.41, 5.74) is 0.158. The predicted molar refractivity (Wildman–Crippen MR) is 92.1 cm³/mol. The molecule has 2 rings (SSSR count). The van der Waals surface area contributed by atoms with E-state index in [0.29, 0.717) is 6.07 Å². The van der Waals surface area contributed by atoms with Crippen molar-refractivity contribution in [2.24, 2.45) is 0 Å². The summed E-state index contributed by atoms with van der Waals surface area (Å²) < 4.78 is 41.1. The first kappa shape index (κ1) is 22.5. The van der Waals surface area contributed by atoms with Crippen molar-refractivity contribution in [3.63, 3.8) is 0 Å². The maximum Gasteiger partial charge on any atom is 0.163 e. The number of hydrogen-bond donors (Lipinski definition) is 1. The molecule has 1 aromatic rings. The molecule has 1 N–H and O–H groups in total. The Morgan fingerprint density at radius 2 is 1.74 bits per heavy atom. The van der Waals surface area contributed by atoms with Gasteiger partial charge in [0, 0.05) is 43.9 Å². The van der Waals surface area contributed by atoms with Crippen molar-refractivity contribution in [3.05, 3.63) is 35.1 Å². The molecular weight excluding hydrogens is 348 g/mol. The number of benzene rings is 1. The predicted octanol–water partition coefficient (Wildman–Crippen LogP) is 4.47. The highest BCUT2D eigenvalue weighted by molar-refractivity contribution is 5.85. The quantitative estimate of drug-likeness (QED) is 0.585. The first-order valence-corrected chi connectivity index (χ1v) is 7.72. The lowest BCUT2D eigenvalue weighted by Crippen LogP contribution is -2.45. The zero-order valence-corrected chi connectivity index (χ0v) is 14.9. The smallest absolute Gasteiger partial charge is 0.163 e. The lowest BCUT2D eigenvalue weighted by Gasteiger charge is -2.35. The van der Waals surface area contributed by atoms with Crippen LogP contribution >= 0.6 is 24.8 Å². The Kier molecular flexibility index (Phi) is 10.9. The van der Waals surface area contributed by atoms with E-state index in [-0.39, 0.29) is 36.4 Å². The summed E-state index contributed by atoms with van der Waals surface area (Å²) in [6.07, 6.45) is 3.77. The third-order valence-electron chi connectivity index (χ3n) is 4.05. The molecule has 2 nitrogen and oxygen atoms in total. The zero-order chi connectivity index (χ0) is 15.2. The summed E-state index contributed by atoms with van der Waals surface area (Å²) >= 11 is 0. The van der Waals surface area contributed by atoms with Crippen LogP contribution in [0.15, 0.2) is 12.1 Å². The normalized spacial score (nSPS) is 16.3. The number of unbranched alkanes of at least 4 members (excludes halogenated alkanes) is 2. The van der Waals surface area contributed by atoms with Gasteiger partial charge in [-0.2, -0.15) is 0 Å². The molecule has 7 heteroatoms. The average molecular weight is 373 g/mol. The Morgan fingerprint density at radius 3 is 2.35 bits per heavy atom. The summed E-state index contributed by atoms with van der Waals surface area (Å²) in [4.78, 5) is 2.13. The van der Waals surface area contributed by atoms with Crippen LogP contribution in [0.5, 0.6) is 0 Å². The van der Waals surface area contributed by atoms with Crippen LogP contribution in [0.3, 0.4) is 0 Å². The average Bonchev–Trinajstić information content (AvgIpc) is 2.49. The first-order valence-electron chi connectivity index (χ1n) is 7.72. The Morgan fingerprint density at radius 1 is 1.09 bits per heavy atom. The SMILES string of the molecule is CCCCC[C@@H](c1cc(F)cc(F)c1F)N1CCNCC1.Cl.Cl. The van der Waals surface area contributed by atoms with Gasteiger partial charge in [0.25, 0.3) is 0 Å². The van der Waals surface area contributed by atoms with Gasteiger partial charge in [0.2, 0.25) is 0 Å². The van der Waals surface area contributed by atoms with E-state index in [0.717, 1.165) is 57.9 Å². The van der Waals surface area contributed by atoms with Crippen LogP contribution in [0, 0.1) is 17.5 Å². The largest absolute Gasteiger partial charge is 0.314 e. The summed E-state index contributed by atoms with van der Waals surface area (Å²) in [5.74, 6) is -2.71. The molecule has 0 aromatic heterocycles. The van der Waals surface area contributed by atoms with Crippen LogP contribution in [0.1, 0.15) is 44.2 Å². The lowest BCUT2D eigenvalue weighted by molar-refractivity contribution is 0.158. The molecule has 0 aliphatic carbocycles. The minimum atomic E-state index is -1.10. The van der Waals surface area contributed by atoms with Crippen LogP contribution in [0.4, 0.5) is 13.2 Å². The molecule has 1 aromatic carbocycles. The van der Waals surface area contributed by atoms with Gasteiger partial charge < -0.3 is 5.32 Å². The number of halogens is 5. The molecule has 0 unspecified atom stereocenters. The van der Waals surface area contributed by atoms with E-state index in [1.54, 1.807) is 0 Å². The fraction of sp³-hybridized carbons (Fsp3) is 0.625. The maximum absolute atomic E-state index is 14.1. The molecule has 0 saturated carbocycles. The van der Waals surface area contributed by atoms with Gasteiger partial charge in [-0.3, -0.25) is 4.90 Å². The number of hydrogen-bond acceptors (Lipinski definition) is 2. The van der Waals surface area contributed by atoms with Crippen molar-refractivity contribution >= 4 is 24.8 Å². The second kappa shape index (κ2) is 11.1. The van der Waals surface area contributed by atoms with Crippen molar-refractivity contribution in [2.45, 2.75) is 38.6 Å². The highest BCUT2D eigenvalue weighted by Gasteiger charge is 2.26. The molecule has 134 valence electrons. The Balaban J connectivity index is 0.00000242. The number of nitrogens with zero attached hydrogens (tertiary/aromatic N) is 1. The monoisotopic (exact) mass is 372 g/mol. The molecule has 1 aliphatic rings. The van der Waals surface area contributed by atoms with Gasteiger partial charge in [0.05, 0.1) is 0 Å². The third kappa shape index (κ3) is 6.14. The molecular formula is C16H25Cl2F3N2. The van der Waals surface area contributed by atoms with Gasteiger partial charge in [-0.25, -0.2) is 13.2 Å². The fourth-order valence-corrected chi connectivity index (χ4v) is 2.93. The van der Waals surface area contributed by atoms with E-state index < -0.39 is 17.5 Å². The summed E-state index contributed by atoms with van der Waals surface area (Å²) in [6.45, 7) is 5.29. The summed E-state index contributed by atoms with van der Waals surface area (Å²) in [7, 11) is 0. The molecule has 0 bridgehead atoms. The van der Waals surface area contributed by atoms with Crippen molar-refractivity contribution in [1.29, 1.82) is 0 Å². The van der Waals surface area contributed by atoms with E-state index in [4.69, 9.17) is 0 Å². The molecule has 1 atom stereocenters. The van der Waals surface area contributed by atoms with Crippen molar-refractivity contribution in [3.8, 4) is 0 Å². The van der Waals surface area contributed by atoms with Crippen molar-refractivity contribution < 1.29 is 13.2 Å². The second-order valence-corrected chi connectivity index (χ2v) is 5.59. The van der Waals surface area contributed by atoms with E-state index in [9.17, 15) is 13.2 Å². The number of nitrogens with one attached hydrogen (secondary N) is 1. The highest BCUT2D eigenvalue weighted by Crippen LogP contribution is 2.30. The summed E-state index contributed by atoms with van der Waals surface area (Å²) in [5, 5.41) is 3.24. The van der Waals surface area contributed by atoms with Crippen LogP contribution in [0.25, 0.3) is 0 Å². The van der Waals surface area contributed by atoms with Gasteiger partial charge in [-0.05, 0) is 12.5 Å². The van der Waals surface area contributed by atoms with Gasteiger partial charge in [-0.15, -0.1) is 24.8 Å². The number of rotatable bonds is 6. The standard InChI is InChI=1S/C16H23F3N2.2ClH/c1-2-3-4-5-15(21-8-6-20-7-9-21)13-10-12(17)11-14(18)16(13)19;;/h10-11,15,20H,2-9H2,1H3;2*1H/t15-;;/m0../s1. The minimum Gasteiger partial charge on any atom is -0.314 e. The van der Waals surface area contributed by atoms with Crippen LogP contribution in [-0.4, -0.2) is 31.1 Å². The maximum atomic E-state index is 14.1. The molecule has 0 amide bonds. The lowest BCUT2D eigenvalue weighted by atomic mass is 9.97. The molecule has 1 fully saturated rings. The molecule has 0 spiro atoms. The van der Waals surface area contributed by atoms with Gasteiger partial charge in [-0.1, -0.05) is 26.2 Å². The minimum absolute atomic E-state index is 0. The fourth-order valence-electron chi connectivity index (χ4n) is 2.93. The Labute approximate surface area is 148 Å². The summed E-state index contributed by atoms with van der Waals surface area (Å²) in [6, 6.07) is 1.51. The highest BCUT2D eigenvalue weighted by atomic mass is 35.5. The zero-order valence-electron chi connectivity index (χ0n) is 13.3. The molecule has 1 heterocycles. The van der Waals surface area contributed by atoms with Crippen LogP contribution in [0.2, 0.25) is 0 Å². The molecule has 1 saturated heterocycles. The topological polar surface area (TPSA) is 15.3 Å². The first-order chi connectivity index (χ1) is 10.1. The molecule has 1 aliphatic heterocycles. The van der Waals surface area contributed by atoms with Crippen LogP contribution in [-0.2, 0) is 0 Å². The Bertz CT molecular complexity index is 469. The van der Waals surface area contributed by atoms with Gasteiger partial charge >= 0.3 is 0 Å².